The molecule has 10 nitrogen and oxygen atoms in total. The van der Waals surface area contributed by atoms with Crippen LogP contribution in [-0.2, 0) is 18.9 Å². The van der Waals surface area contributed by atoms with Gasteiger partial charge in [-0.15, -0.1) is 0 Å². The van der Waals surface area contributed by atoms with Crippen molar-refractivity contribution in [1.29, 1.82) is 0 Å². The van der Waals surface area contributed by atoms with Gasteiger partial charge in [-0.3, -0.25) is 0 Å². The molecular formula is C8H10Li2O10. The Kier molecular flexibility index (Phi) is 23.9. The van der Waals surface area contributed by atoms with Gasteiger partial charge in [0.05, 0.1) is 13.2 Å². The van der Waals surface area contributed by atoms with E-state index in [2.05, 4.69) is 18.9 Å². The number of carboxylic acid groups (broad SMARTS) is 2. The van der Waals surface area contributed by atoms with E-state index in [1.165, 1.54) is 13.8 Å². The minimum Gasteiger partial charge on any atom is -0.453 e. The maximum Gasteiger partial charge on any atom is 1.00 e. The molecule has 0 aromatic rings. The second-order valence-corrected chi connectivity index (χ2v) is 2.07. The van der Waals surface area contributed by atoms with Gasteiger partial charge in [-0.05, 0) is 13.8 Å². The Morgan fingerprint density at radius 3 is 1.15 bits per heavy atom. The first-order valence-electron chi connectivity index (χ1n) is 4.44. The van der Waals surface area contributed by atoms with Crippen molar-refractivity contribution in [2.24, 2.45) is 0 Å². The van der Waals surface area contributed by atoms with Crippen molar-refractivity contribution in [3.63, 3.8) is 0 Å². The third kappa shape index (κ3) is 25.5. The molecule has 0 heterocycles. The summed E-state index contributed by atoms with van der Waals surface area (Å²) in [4.78, 5) is 38.9. The van der Waals surface area contributed by atoms with E-state index < -0.39 is 24.6 Å². The number of carbonyl (C=O) groups excluding carboxylic acids is 4. The van der Waals surface area contributed by atoms with Crippen LogP contribution in [0, 0.1) is 0 Å². The largest absolute Gasteiger partial charge is 1.00 e. The van der Waals surface area contributed by atoms with Crippen LogP contribution >= 0.6 is 0 Å². The fraction of sp³-hybridized carbons (Fsp3) is 0.500. The zero-order valence-corrected chi connectivity index (χ0v) is 11.5. The van der Waals surface area contributed by atoms with Crippen molar-refractivity contribution >= 4 is 24.6 Å². The van der Waals surface area contributed by atoms with Crippen LogP contribution in [0.15, 0.2) is 0 Å². The van der Waals surface area contributed by atoms with Gasteiger partial charge < -0.3 is 38.7 Å². The minimum atomic E-state index is -1.91. The molecule has 0 fully saturated rings. The number of hydrogen-bond acceptors (Lipinski definition) is 10. The van der Waals surface area contributed by atoms with Crippen LogP contribution in [0.4, 0.5) is 19.2 Å². The molecule has 0 saturated carbocycles. The summed E-state index contributed by atoms with van der Waals surface area (Å²) in [5, 5.41) is 18.9. The van der Waals surface area contributed by atoms with Gasteiger partial charge in [0.25, 0.3) is 12.3 Å². The van der Waals surface area contributed by atoms with Crippen molar-refractivity contribution in [1.82, 2.24) is 0 Å². The van der Waals surface area contributed by atoms with Gasteiger partial charge in [0, 0.05) is 0 Å². The van der Waals surface area contributed by atoms with Gasteiger partial charge in [0.15, 0.2) is 0 Å². The molecule has 0 N–H and O–H groups in total. The summed E-state index contributed by atoms with van der Waals surface area (Å²) < 4.78 is 15.0. The second kappa shape index (κ2) is 17.7. The average Bonchev–Trinajstić information content (AvgIpc) is 2.16. The van der Waals surface area contributed by atoms with E-state index in [9.17, 15) is 29.4 Å². The van der Waals surface area contributed by atoms with Gasteiger partial charge >= 0.3 is 50.0 Å². The maximum atomic E-state index is 9.99. The molecule has 20 heavy (non-hydrogen) atoms. The molecular weight excluding hydrogens is 270 g/mol. The summed E-state index contributed by atoms with van der Waals surface area (Å²) in [6, 6.07) is 0. The number of hydrogen-bond donors (Lipinski definition) is 0. The van der Waals surface area contributed by atoms with E-state index in [0.29, 0.717) is 0 Å². The molecule has 0 bridgehead atoms. The van der Waals surface area contributed by atoms with Gasteiger partial charge in [-0.25, -0.2) is 9.59 Å². The van der Waals surface area contributed by atoms with E-state index in [1.807, 2.05) is 0 Å². The van der Waals surface area contributed by atoms with Gasteiger partial charge in [-0.2, -0.15) is 0 Å². The van der Waals surface area contributed by atoms with Gasteiger partial charge in [0.1, 0.15) is 0 Å². The Labute approximate surface area is 138 Å². The molecule has 104 valence electrons. The SMILES string of the molecule is CCOC(=O)OC(=O)[O-].CCOC(=O)OC(=O)[O-].[Li+].[Li+]. The predicted octanol–water partition coefficient (Wildman–Crippen LogP) is -6.99. The Morgan fingerprint density at radius 2 is 1.00 bits per heavy atom. The summed E-state index contributed by atoms with van der Waals surface area (Å²) in [6.07, 6.45) is -6.32. The molecule has 0 amide bonds. The Balaban J connectivity index is -0.000000116. The molecule has 0 aliphatic carbocycles. The zero-order chi connectivity index (χ0) is 14.6. The number of ether oxygens (including phenoxy) is 4. The molecule has 0 rings (SSSR count). The molecule has 12 heteroatoms. The van der Waals surface area contributed by atoms with Crippen LogP contribution in [-0.4, -0.2) is 37.8 Å². The first-order chi connectivity index (χ1) is 8.33. The first-order valence-corrected chi connectivity index (χ1v) is 4.44. The molecule has 0 spiro atoms. The molecule has 0 aliphatic heterocycles. The van der Waals surface area contributed by atoms with Crippen molar-refractivity contribution in [2.45, 2.75) is 13.8 Å². The van der Waals surface area contributed by atoms with Crippen LogP contribution in [0.1, 0.15) is 13.8 Å². The van der Waals surface area contributed by atoms with Crippen LogP contribution in [0.2, 0.25) is 0 Å². The summed E-state index contributed by atoms with van der Waals surface area (Å²) in [7, 11) is 0. The molecule has 0 aliphatic rings. The van der Waals surface area contributed by atoms with Gasteiger partial charge in [-0.1, -0.05) is 0 Å². The third-order valence-corrected chi connectivity index (χ3v) is 0.858. The smallest absolute Gasteiger partial charge is 0.453 e. The van der Waals surface area contributed by atoms with Crippen LogP contribution < -0.4 is 47.9 Å². The Morgan fingerprint density at radius 1 is 0.750 bits per heavy atom. The molecule has 0 aromatic heterocycles. The zero-order valence-electron chi connectivity index (χ0n) is 11.5. The van der Waals surface area contributed by atoms with E-state index in [1.54, 1.807) is 0 Å². The van der Waals surface area contributed by atoms with Crippen LogP contribution in [0.5, 0.6) is 0 Å². The van der Waals surface area contributed by atoms with Crippen LogP contribution in [0.3, 0.4) is 0 Å². The minimum absolute atomic E-state index is 0. The quantitative estimate of drug-likeness (QED) is 0.271. The van der Waals surface area contributed by atoms with Crippen molar-refractivity contribution in [2.75, 3.05) is 13.2 Å². The fourth-order valence-electron chi connectivity index (χ4n) is 0.431. The number of rotatable bonds is 2. The monoisotopic (exact) mass is 280 g/mol. The molecule has 0 radical (unpaired) electrons. The van der Waals surface area contributed by atoms with E-state index >= 15 is 0 Å². The van der Waals surface area contributed by atoms with E-state index in [4.69, 9.17) is 0 Å². The fourth-order valence-corrected chi connectivity index (χ4v) is 0.431. The maximum absolute atomic E-state index is 9.99. The average molecular weight is 280 g/mol. The Hall–Kier alpha value is -1.33. The third-order valence-electron chi connectivity index (χ3n) is 0.858. The summed E-state index contributed by atoms with van der Waals surface area (Å²) in [6.45, 7) is 3.20. The Bertz CT molecular complexity index is 276. The number of carbonyl (C=O) groups is 4. The molecule has 0 aromatic carbocycles. The van der Waals surface area contributed by atoms with Gasteiger partial charge in [0.2, 0.25) is 0 Å². The molecule has 0 unspecified atom stereocenters. The standard InChI is InChI=1S/2C4H6O5.2Li/c2*1-2-8-4(7)9-3(5)6;;/h2*2H2,1H3,(H,5,6);;/q;;2*+1/p-2. The topological polar surface area (TPSA) is 151 Å². The van der Waals surface area contributed by atoms with Crippen molar-refractivity contribution < 1.29 is 86.1 Å². The van der Waals surface area contributed by atoms with Crippen molar-refractivity contribution in [3.05, 3.63) is 0 Å². The summed E-state index contributed by atoms with van der Waals surface area (Å²) in [5.74, 6) is 0. The van der Waals surface area contributed by atoms with E-state index in [0.717, 1.165) is 0 Å². The predicted molar refractivity (Wildman–Crippen MR) is 47.0 cm³/mol. The van der Waals surface area contributed by atoms with E-state index in [-0.39, 0.29) is 50.9 Å². The normalized spacial score (nSPS) is 7.30. The first kappa shape index (κ1) is 27.1. The molecule has 0 atom stereocenters. The molecule has 0 saturated heterocycles. The summed E-state index contributed by atoms with van der Waals surface area (Å²) in [5.41, 5.74) is 0. The summed E-state index contributed by atoms with van der Waals surface area (Å²) >= 11 is 0. The second-order valence-electron chi connectivity index (χ2n) is 2.07. The van der Waals surface area contributed by atoms with Crippen LogP contribution in [0.25, 0.3) is 0 Å². The van der Waals surface area contributed by atoms with Crippen molar-refractivity contribution in [3.8, 4) is 0 Å².